The minimum absolute atomic E-state index is 0.118. The summed E-state index contributed by atoms with van der Waals surface area (Å²) in [7, 11) is -3.25. The molecule has 0 spiro atoms. The molecule has 0 aromatic heterocycles. The highest BCUT2D eigenvalue weighted by Gasteiger charge is 2.27. The molecule has 1 N–H and O–H groups in total. The van der Waals surface area contributed by atoms with Gasteiger partial charge in [0, 0.05) is 24.9 Å². The Bertz CT molecular complexity index is 620. The predicted octanol–water partition coefficient (Wildman–Crippen LogP) is 1.47. The third-order valence-corrected chi connectivity index (χ3v) is 5.01. The predicted molar refractivity (Wildman–Crippen MR) is 79.9 cm³/mol. The van der Waals surface area contributed by atoms with E-state index in [-0.39, 0.29) is 10.8 Å². The van der Waals surface area contributed by atoms with Crippen molar-refractivity contribution < 1.29 is 18.3 Å². The number of hydrogen-bond donors (Lipinski definition) is 1. The number of likely N-dealkylation sites (tertiary alicyclic amines) is 1. The molecule has 1 fully saturated rings. The summed E-state index contributed by atoms with van der Waals surface area (Å²) in [5.74, 6) is -0.118. The lowest BCUT2D eigenvalue weighted by molar-refractivity contribution is 0.0438. The van der Waals surface area contributed by atoms with E-state index in [2.05, 4.69) is 0 Å². The molecule has 1 heterocycles. The molecule has 0 bridgehead atoms. The van der Waals surface area contributed by atoms with Crippen molar-refractivity contribution in [2.45, 2.75) is 36.7 Å². The van der Waals surface area contributed by atoms with Crippen LogP contribution in [-0.2, 0) is 9.84 Å². The summed E-state index contributed by atoms with van der Waals surface area (Å²) in [4.78, 5) is 14.3. The fourth-order valence-electron chi connectivity index (χ4n) is 2.49. The van der Waals surface area contributed by atoms with Gasteiger partial charge in [0.2, 0.25) is 0 Å². The highest BCUT2D eigenvalue weighted by Crippen LogP contribution is 2.22. The monoisotopic (exact) mass is 311 g/mol. The second-order valence-electron chi connectivity index (χ2n) is 5.94. The van der Waals surface area contributed by atoms with Crippen LogP contribution in [0.2, 0.25) is 0 Å². The van der Waals surface area contributed by atoms with E-state index in [1.807, 2.05) is 0 Å². The number of benzene rings is 1. The minimum Gasteiger partial charge on any atom is -0.390 e. The molecule has 0 radical (unpaired) electrons. The molecule has 1 atom stereocenters. The van der Waals surface area contributed by atoms with Gasteiger partial charge in [-0.25, -0.2) is 8.42 Å². The summed E-state index contributed by atoms with van der Waals surface area (Å²) in [6.45, 7) is 2.92. The fraction of sp³-hybridized carbons (Fsp3) is 0.533. The van der Waals surface area contributed by atoms with Crippen molar-refractivity contribution in [1.82, 2.24) is 4.90 Å². The minimum atomic E-state index is -3.25. The zero-order chi connectivity index (χ0) is 15.7. The van der Waals surface area contributed by atoms with Crippen LogP contribution in [0.25, 0.3) is 0 Å². The molecule has 1 aliphatic heterocycles. The molecule has 116 valence electrons. The largest absolute Gasteiger partial charge is 0.390 e. The zero-order valence-corrected chi connectivity index (χ0v) is 13.2. The summed E-state index contributed by atoms with van der Waals surface area (Å²) < 4.78 is 22.8. The smallest absolute Gasteiger partial charge is 0.253 e. The molecule has 1 saturated heterocycles. The molecule has 2 rings (SSSR count). The topological polar surface area (TPSA) is 74.7 Å². The van der Waals surface area contributed by atoms with E-state index >= 15 is 0 Å². The fourth-order valence-corrected chi connectivity index (χ4v) is 3.12. The van der Waals surface area contributed by atoms with Crippen molar-refractivity contribution in [2.24, 2.45) is 0 Å². The molecular formula is C15H21NO4S. The van der Waals surface area contributed by atoms with Gasteiger partial charge in [0.25, 0.3) is 5.91 Å². The highest BCUT2D eigenvalue weighted by molar-refractivity contribution is 7.90. The van der Waals surface area contributed by atoms with Crippen LogP contribution in [0, 0.1) is 0 Å². The van der Waals surface area contributed by atoms with Crippen molar-refractivity contribution in [3.05, 3.63) is 29.8 Å². The van der Waals surface area contributed by atoms with Gasteiger partial charge in [-0.3, -0.25) is 4.79 Å². The second-order valence-corrected chi connectivity index (χ2v) is 7.95. The average molecular weight is 311 g/mol. The Morgan fingerprint density at radius 3 is 2.38 bits per heavy atom. The number of sulfone groups is 1. The number of hydrogen-bond acceptors (Lipinski definition) is 4. The maximum Gasteiger partial charge on any atom is 0.253 e. The summed E-state index contributed by atoms with van der Waals surface area (Å²) in [5, 5.41) is 10.0. The van der Waals surface area contributed by atoms with Crippen molar-refractivity contribution in [1.29, 1.82) is 0 Å². The lowest BCUT2D eigenvalue weighted by Gasteiger charge is -2.22. The first-order chi connectivity index (χ1) is 9.69. The Balaban J connectivity index is 2.13. The van der Waals surface area contributed by atoms with Crippen LogP contribution in [0.3, 0.4) is 0 Å². The van der Waals surface area contributed by atoms with E-state index in [1.54, 1.807) is 24.0 Å². The second kappa shape index (κ2) is 5.77. The Morgan fingerprint density at radius 2 is 1.81 bits per heavy atom. The normalized spacial score (nSPS) is 23.7. The molecule has 0 aliphatic carbocycles. The van der Waals surface area contributed by atoms with Crippen LogP contribution in [0.15, 0.2) is 29.2 Å². The number of amides is 1. The third-order valence-electron chi connectivity index (χ3n) is 3.88. The van der Waals surface area contributed by atoms with E-state index in [0.29, 0.717) is 31.5 Å². The SMILES string of the molecule is CC1(O)CCCN(C(=O)c2ccc(S(C)(=O)=O)cc2)CC1. The van der Waals surface area contributed by atoms with Crippen molar-refractivity contribution in [3.8, 4) is 0 Å². The maximum atomic E-state index is 12.4. The van der Waals surface area contributed by atoms with Gasteiger partial charge < -0.3 is 10.0 Å². The lowest BCUT2D eigenvalue weighted by atomic mass is 9.98. The molecule has 1 amide bonds. The lowest BCUT2D eigenvalue weighted by Crippen LogP contribution is -2.33. The summed E-state index contributed by atoms with van der Waals surface area (Å²) in [5.41, 5.74) is -0.237. The maximum absolute atomic E-state index is 12.4. The van der Waals surface area contributed by atoms with E-state index < -0.39 is 15.4 Å². The van der Waals surface area contributed by atoms with Gasteiger partial charge in [-0.1, -0.05) is 0 Å². The standard InChI is InChI=1S/C15H21NO4S/c1-15(18)8-3-10-16(11-9-15)14(17)12-4-6-13(7-5-12)21(2,19)20/h4-7,18H,3,8-11H2,1-2H3. The first-order valence-corrected chi connectivity index (χ1v) is 8.90. The van der Waals surface area contributed by atoms with Crippen LogP contribution < -0.4 is 0 Å². The molecule has 21 heavy (non-hydrogen) atoms. The van der Waals surface area contributed by atoms with Crippen molar-refractivity contribution in [2.75, 3.05) is 19.3 Å². The first-order valence-electron chi connectivity index (χ1n) is 7.01. The molecule has 1 aliphatic rings. The van der Waals surface area contributed by atoms with Crippen LogP contribution >= 0.6 is 0 Å². The Hall–Kier alpha value is -1.40. The molecule has 1 unspecified atom stereocenters. The van der Waals surface area contributed by atoms with Crippen molar-refractivity contribution in [3.63, 3.8) is 0 Å². The quantitative estimate of drug-likeness (QED) is 0.897. The van der Waals surface area contributed by atoms with Gasteiger partial charge in [0.1, 0.15) is 0 Å². The number of carbonyl (C=O) groups is 1. The third kappa shape index (κ3) is 4.04. The molecule has 6 heteroatoms. The number of carbonyl (C=O) groups excluding carboxylic acids is 1. The van der Waals surface area contributed by atoms with Crippen LogP contribution in [0.1, 0.15) is 36.5 Å². The van der Waals surface area contributed by atoms with E-state index in [4.69, 9.17) is 0 Å². The highest BCUT2D eigenvalue weighted by atomic mass is 32.2. The zero-order valence-electron chi connectivity index (χ0n) is 12.4. The first kappa shape index (κ1) is 16.0. The van der Waals surface area contributed by atoms with Gasteiger partial charge >= 0.3 is 0 Å². The van der Waals surface area contributed by atoms with Gasteiger partial charge in [-0.15, -0.1) is 0 Å². The average Bonchev–Trinajstić information content (AvgIpc) is 2.58. The number of aliphatic hydroxyl groups is 1. The van der Waals surface area contributed by atoms with Gasteiger partial charge in [0.05, 0.1) is 10.5 Å². The van der Waals surface area contributed by atoms with E-state index in [0.717, 1.165) is 12.7 Å². The van der Waals surface area contributed by atoms with Crippen LogP contribution in [0.5, 0.6) is 0 Å². The van der Waals surface area contributed by atoms with Crippen molar-refractivity contribution >= 4 is 15.7 Å². The van der Waals surface area contributed by atoms with Crippen LogP contribution in [0.4, 0.5) is 0 Å². The van der Waals surface area contributed by atoms with Crippen LogP contribution in [-0.4, -0.2) is 49.3 Å². The molecular weight excluding hydrogens is 290 g/mol. The Morgan fingerprint density at radius 1 is 1.19 bits per heavy atom. The van der Waals surface area contributed by atoms with Gasteiger partial charge in [-0.05, 0) is 50.5 Å². The summed E-state index contributed by atoms with van der Waals surface area (Å²) in [6.07, 6.45) is 3.14. The van der Waals surface area contributed by atoms with E-state index in [1.165, 1.54) is 12.1 Å². The molecule has 5 nitrogen and oxygen atoms in total. The molecule has 1 aromatic carbocycles. The summed E-state index contributed by atoms with van der Waals surface area (Å²) >= 11 is 0. The Kier molecular flexibility index (Phi) is 4.39. The van der Waals surface area contributed by atoms with Gasteiger partial charge in [-0.2, -0.15) is 0 Å². The Labute approximate surface area is 125 Å². The summed E-state index contributed by atoms with van der Waals surface area (Å²) in [6, 6.07) is 6.00. The molecule has 1 aromatic rings. The van der Waals surface area contributed by atoms with Gasteiger partial charge in [0.15, 0.2) is 9.84 Å². The number of rotatable bonds is 2. The molecule has 0 saturated carbocycles. The number of nitrogens with zero attached hydrogens (tertiary/aromatic N) is 1. The van der Waals surface area contributed by atoms with E-state index in [9.17, 15) is 18.3 Å².